The fourth-order valence-corrected chi connectivity index (χ4v) is 3.75. The Hall–Kier alpha value is -3.01. The van der Waals surface area contributed by atoms with Gasteiger partial charge in [-0.2, -0.15) is 0 Å². The number of nitrogens with one attached hydrogen (secondary N) is 1. The van der Waals surface area contributed by atoms with Crippen LogP contribution >= 0.6 is 0 Å². The van der Waals surface area contributed by atoms with E-state index in [1.54, 1.807) is 5.01 Å². The quantitative estimate of drug-likeness (QED) is 0.868. The minimum absolute atomic E-state index is 0.131. The Morgan fingerprint density at radius 3 is 2.40 bits per heavy atom. The molecule has 2 aliphatic rings. The largest absolute Gasteiger partial charge is 0.350 e. The SMILES string of the molecule is NC(=O)N1NC2=C(CCC/C2=C\c2ccccc2)[C@@H]1c1ccccc1. The molecular formula is C21H21N3O. The zero-order chi connectivity index (χ0) is 17.2. The van der Waals surface area contributed by atoms with E-state index >= 15 is 0 Å². The number of hydrogen-bond acceptors (Lipinski definition) is 2. The Bertz CT molecular complexity index is 840. The Morgan fingerprint density at radius 2 is 1.72 bits per heavy atom. The Morgan fingerprint density at radius 1 is 1.04 bits per heavy atom. The molecule has 0 fully saturated rings. The molecule has 4 nitrogen and oxygen atoms in total. The molecule has 3 N–H and O–H groups in total. The van der Waals surface area contributed by atoms with E-state index < -0.39 is 6.03 Å². The number of carbonyl (C=O) groups is 1. The van der Waals surface area contributed by atoms with Gasteiger partial charge in [-0.3, -0.25) is 5.43 Å². The van der Waals surface area contributed by atoms with Crippen LogP contribution in [0.5, 0.6) is 0 Å². The van der Waals surface area contributed by atoms with Crippen molar-refractivity contribution in [2.24, 2.45) is 5.73 Å². The molecule has 1 heterocycles. The number of allylic oxidation sites excluding steroid dienone is 1. The van der Waals surface area contributed by atoms with Crippen LogP contribution in [0, 0.1) is 0 Å². The zero-order valence-corrected chi connectivity index (χ0v) is 14.0. The van der Waals surface area contributed by atoms with E-state index in [2.05, 4.69) is 23.6 Å². The third-order valence-corrected chi connectivity index (χ3v) is 4.85. The monoisotopic (exact) mass is 331 g/mol. The zero-order valence-electron chi connectivity index (χ0n) is 14.0. The van der Waals surface area contributed by atoms with Gasteiger partial charge in [0.05, 0.1) is 5.70 Å². The van der Waals surface area contributed by atoms with Crippen LogP contribution in [0.2, 0.25) is 0 Å². The van der Waals surface area contributed by atoms with Gasteiger partial charge in [-0.05, 0) is 47.6 Å². The Labute approximate surface area is 147 Å². The molecule has 0 spiro atoms. The highest BCUT2D eigenvalue weighted by Crippen LogP contribution is 2.43. The molecular weight excluding hydrogens is 310 g/mol. The number of hydrogen-bond donors (Lipinski definition) is 2. The molecule has 0 radical (unpaired) electrons. The fourth-order valence-electron chi connectivity index (χ4n) is 3.75. The van der Waals surface area contributed by atoms with Gasteiger partial charge in [-0.15, -0.1) is 0 Å². The van der Waals surface area contributed by atoms with Crippen LogP contribution < -0.4 is 11.2 Å². The first-order valence-corrected chi connectivity index (χ1v) is 8.63. The summed E-state index contributed by atoms with van der Waals surface area (Å²) in [5.41, 5.74) is 14.7. The predicted molar refractivity (Wildman–Crippen MR) is 99.0 cm³/mol. The standard InChI is InChI=1S/C21H21N3O/c22-21(25)24-20(16-10-5-2-6-11-16)18-13-7-12-17(19(18)23-24)14-15-8-3-1-4-9-15/h1-6,8-11,14,20,23H,7,12-13H2,(H2,22,25)/b17-14+/t20-/m0/s1. The maximum Gasteiger partial charge on any atom is 0.334 e. The first-order chi connectivity index (χ1) is 12.2. The minimum Gasteiger partial charge on any atom is -0.350 e. The number of primary amides is 1. The van der Waals surface area contributed by atoms with Crippen molar-refractivity contribution >= 4 is 12.1 Å². The second kappa shape index (κ2) is 6.48. The molecule has 2 aromatic rings. The summed E-state index contributed by atoms with van der Waals surface area (Å²) in [6.45, 7) is 0. The molecule has 0 unspecified atom stereocenters. The van der Waals surface area contributed by atoms with Crippen molar-refractivity contribution < 1.29 is 4.79 Å². The lowest BCUT2D eigenvalue weighted by atomic mass is 9.86. The highest BCUT2D eigenvalue weighted by atomic mass is 16.2. The van der Waals surface area contributed by atoms with Crippen molar-refractivity contribution in [3.8, 4) is 0 Å². The summed E-state index contributed by atoms with van der Waals surface area (Å²) in [6.07, 6.45) is 5.25. The van der Waals surface area contributed by atoms with Crippen LogP contribution in [-0.4, -0.2) is 11.0 Å². The summed E-state index contributed by atoms with van der Waals surface area (Å²) in [5, 5.41) is 1.56. The van der Waals surface area contributed by atoms with E-state index in [4.69, 9.17) is 5.73 Å². The van der Waals surface area contributed by atoms with Crippen LogP contribution in [0.1, 0.15) is 36.4 Å². The normalized spacial score (nSPS) is 21.2. The maximum atomic E-state index is 12.0. The molecule has 4 heteroatoms. The molecule has 1 aliphatic carbocycles. The number of rotatable bonds is 2. The highest BCUT2D eigenvalue weighted by molar-refractivity contribution is 5.75. The summed E-state index contributed by atoms with van der Waals surface area (Å²) < 4.78 is 0. The average Bonchev–Trinajstić information content (AvgIpc) is 3.04. The van der Waals surface area contributed by atoms with E-state index in [0.717, 1.165) is 30.5 Å². The average molecular weight is 331 g/mol. The molecule has 1 atom stereocenters. The number of carbonyl (C=O) groups excluding carboxylic acids is 1. The number of nitrogens with two attached hydrogens (primary N) is 1. The van der Waals surface area contributed by atoms with Gasteiger partial charge < -0.3 is 5.73 Å². The summed E-state index contributed by atoms with van der Waals surface area (Å²) in [4.78, 5) is 12.0. The molecule has 0 saturated heterocycles. The van der Waals surface area contributed by atoms with Crippen molar-refractivity contribution in [3.05, 3.63) is 88.6 Å². The number of amides is 2. The number of urea groups is 1. The first-order valence-electron chi connectivity index (χ1n) is 8.63. The van der Waals surface area contributed by atoms with Crippen molar-refractivity contribution in [2.45, 2.75) is 25.3 Å². The fraction of sp³-hybridized carbons (Fsp3) is 0.190. The van der Waals surface area contributed by atoms with Crippen LogP contribution in [-0.2, 0) is 0 Å². The lowest BCUT2D eigenvalue weighted by Crippen LogP contribution is -2.43. The van der Waals surface area contributed by atoms with E-state index in [1.807, 2.05) is 48.5 Å². The van der Waals surface area contributed by atoms with Gasteiger partial charge in [-0.1, -0.05) is 60.7 Å². The van der Waals surface area contributed by atoms with E-state index in [1.165, 1.54) is 16.7 Å². The van der Waals surface area contributed by atoms with E-state index in [0.29, 0.717) is 0 Å². The summed E-state index contributed by atoms with van der Waals surface area (Å²) >= 11 is 0. The van der Waals surface area contributed by atoms with Crippen LogP contribution in [0.3, 0.4) is 0 Å². The molecule has 1 aliphatic heterocycles. The molecule has 126 valence electrons. The lowest BCUT2D eigenvalue weighted by Gasteiger charge is -2.25. The highest BCUT2D eigenvalue weighted by Gasteiger charge is 2.38. The topological polar surface area (TPSA) is 58.4 Å². The molecule has 0 bridgehead atoms. The van der Waals surface area contributed by atoms with Crippen molar-refractivity contribution in [3.63, 3.8) is 0 Å². The van der Waals surface area contributed by atoms with Crippen LogP contribution in [0.4, 0.5) is 4.79 Å². The van der Waals surface area contributed by atoms with Gasteiger partial charge in [0.2, 0.25) is 0 Å². The smallest absolute Gasteiger partial charge is 0.334 e. The van der Waals surface area contributed by atoms with Gasteiger partial charge in [0.15, 0.2) is 0 Å². The summed E-state index contributed by atoms with van der Waals surface area (Å²) in [6, 6.07) is 19.8. The van der Waals surface area contributed by atoms with Crippen molar-refractivity contribution in [1.82, 2.24) is 10.4 Å². The second-order valence-corrected chi connectivity index (χ2v) is 6.47. The Kier molecular flexibility index (Phi) is 4.02. The molecule has 2 amide bonds. The second-order valence-electron chi connectivity index (χ2n) is 6.47. The summed E-state index contributed by atoms with van der Waals surface area (Å²) in [5.74, 6) is 0. The minimum atomic E-state index is -0.456. The van der Waals surface area contributed by atoms with Gasteiger partial charge >= 0.3 is 6.03 Å². The van der Waals surface area contributed by atoms with Gasteiger partial charge in [0.1, 0.15) is 6.04 Å². The molecule has 4 rings (SSSR count). The van der Waals surface area contributed by atoms with Gasteiger partial charge in [-0.25, -0.2) is 9.80 Å². The summed E-state index contributed by atoms with van der Waals surface area (Å²) in [7, 11) is 0. The van der Waals surface area contributed by atoms with Gasteiger partial charge in [0.25, 0.3) is 0 Å². The van der Waals surface area contributed by atoms with Crippen LogP contribution in [0.15, 0.2) is 77.5 Å². The molecule has 2 aromatic carbocycles. The van der Waals surface area contributed by atoms with Gasteiger partial charge in [0, 0.05) is 0 Å². The first kappa shape index (κ1) is 15.5. The molecule has 0 saturated carbocycles. The number of hydrazine groups is 1. The third kappa shape index (κ3) is 2.91. The number of nitrogens with zero attached hydrogens (tertiary/aromatic N) is 1. The van der Waals surface area contributed by atoms with E-state index in [-0.39, 0.29) is 6.04 Å². The predicted octanol–water partition coefficient (Wildman–Crippen LogP) is 4.15. The van der Waals surface area contributed by atoms with Crippen LogP contribution in [0.25, 0.3) is 6.08 Å². The maximum absolute atomic E-state index is 12.0. The molecule has 25 heavy (non-hydrogen) atoms. The Balaban J connectivity index is 1.77. The van der Waals surface area contributed by atoms with Crippen molar-refractivity contribution in [1.29, 1.82) is 0 Å². The van der Waals surface area contributed by atoms with E-state index in [9.17, 15) is 4.79 Å². The molecule has 0 aromatic heterocycles. The third-order valence-electron chi connectivity index (χ3n) is 4.85. The number of benzene rings is 2. The van der Waals surface area contributed by atoms with Crippen molar-refractivity contribution in [2.75, 3.05) is 0 Å². The lowest BCUT2D eigenvalue weighted by molar-refractivity contribution is 0.181.